The molecule has 0 radical (unpaired) electrons. The maximum Gasteiger partial charge on any atom is 0.419 e. The lowest BCUT2D eigenvalue weighted by atomic mass is 9.74. The summed E-state index contributed by atoms with van der Waals surface area (Å²) in [6, 6.07) is 7.17. The van der Waals surface area contributed by atoms with Crippen molar-refractivity contribution in [3.8, 4) is 0 Å². The van der Waals surface area contributed by atoms with E-state index in [2.05, 4.69) is 55.1 Å². The van der Waals surface area contributed by atoms with Gasteiger partial charge in [-0.3, -0.25) is 8.68 Å². The van der Waals surface area contributed by atoms with Crippen molar-refractivity contribution in [1.82, 2.24) is 5.32 Å². The first-order valence-corrected chi connectivity index (χ1v) is 14.0. The Bertz CT molecular complexity index is 1300. The molecule has 0 aromatic heterocycles. The molecule has 2 heterocycles. The van der Waals surface area contributed by atoms with Gasteiger partial charge in [0.05, 0.1) is 31.1 Å². The second-order valence-corrected chi connectivity index (χ2v) is 12.4. The zero-order valence-corrected chi connectivity index (χ0v) is 23.9. The average molecular weight is 563 g/mol. The number of aryl methyl sites for hydroxylation is 2. The molecule has 0 atom stereocenters. The molecule has 9 heteroatoms. The summed E-state index contributed by atoms with van der Waals surface area (Å²) in [5, 5.41) is 8.25. The normalized spacial score (nSPS) is 24.3. The Morgan fingerprint density at radius 1 is 1.05 bits per heavy atom. The number of alkyl halides is 3. The van der Waals surface area contributed by atoms with E-state index in [0.29, 0.717) is 31.4 Å². The largest absolute Gasteiger partial charge is 0.419 e. The highest BCUT2D eigenvalue weighted by atomic mass is 32.2. The van der Waals surface area contributed by atoms with Crippen molar-refractivity contribution in [2.45, 2.75) is 52.6 Å². The second kappa shape index (κ2) is 11.0. The van der Waals surface area contributed by atoms with Crippen molar-refractivity contribution in [2.75, 3.05) is 32.5 Å². The Morgan fingerprint density at radius 2 is 1.69 bits per heavy atom. The van der Waals surface area contributed by atoms with Gasteiger partial charge in [0.25, 0.3) is 0 Å². The van der Waals surface area contributed by atoms with Crippen molar-refractivity contribution in [3.63, 3.8) is 0 Å². The standard InChI is InChI=1S/C30H35F4N3OS/c1-19-8-10-29(28(38)36-27(19)22-6-7-26(31)25(18-22)30(32,33)34)11-13-37(5,14-12-29)39-15-9-24-20(2)16-23(35-4)17-21(24)3/h6-7,9,15-18,35H,8,10-14H2,1-5H3/p+1/b15-9+. The topological polar surface area (TPSA) is 41.1 Å². The predicted molar refractivity (Wildman–Crippen MR) is 151 cm³/mol. The number of amides is 1. The van der Waals surface area contributed by atoms with Crippen LogP contribution in [0, 0.1) is 25.1 Å². The number of hydrogen-bond donors (Lipinski definition) is 2. The molecule has 2 N–H and O–H groups in total. The van der Waals surface area contributed by atoms with E-state index in [9.17, 15) is 22.4 Å². The fourth-order valence-electron chi connectivity index (χ4n) is 5.58. The minimum atomic E-state index is -4.81. The van der Waals surface area contributed by atoms with Gasteiger partial charge in [-0.15, -0.1) is 0 Å². The zero-order chi connectivity index (χ0) is 28.6. The summed E-state index contributed by atoms with van der Waals surface area (Å²) in [7, 11) is 4.08. The quantitative estimate of drug-likeness (QED) is 0.223. The number of piperidine rings is 1. The lowest BCUT2D eigenvalue weighted by molar-refractivity contribution is -0.781. The molecule has 1 spiro atoms. The first-order chi connectivity index (χ1) is 18.3. The van der Waals surface area contributed by atoms with Crippen LogP contribution in [0.15, 0.2) is 41.3 Å². The molecule has 1 amide bonds. The van der Waals surface area contributed by atoms with Crippen LogP contribution in [-0.4, -0.2) is 37.0 Å². The molecule has 2 aliphatic rings. The smallest absolute Gasteiger partial charge is 0.388 e. The summed E-state index contributed by atoms with van der Waals surface area (Å²) in [4.78, 5) is 13.5. The number of rotatable bonds is 5. The molecule has 39 heavy (non-hydrogen) atoms. The molecule has 2 aliphatic heterocycles. The van der Waals surface area contributed by atoms with Crippen LogP contribution in [0.5, 0.6) is 0 Å². The van der Waals surface area contributed by atoms with Crippen molar-refractivity contribution in [2.24, 2.45) is 5.41 Å². The van der Waals surface area contributed by atoms with E-state index in [4.69, 9.17) is 0 Å². The summed E-state index contributed by atoms with van der Waals surface area (Å²) in [6.45, 7) is 7.61. The van der Waals surface area contributed by atoms with Gasteiger partial charge in [-0.2, -0.15) is 13.2 Å². The van der Waals surface area contributed by atoms with E-state index in [0.717, 1.165) is 40.4 Å². The molecule has 0 unspecified atom stereocenters. The van der Waals surface area contributed by atoms with Gasteiger partial charge in [-0.1, -0.05) is 0 Å². The molecule has 4 rings (SSSR count). The van der Waals surface area contributed by atoms with Crippen LogP contribution in [0.2, 0.25) is 0 Å². The van der Waals surface area contributed by atoms with Crippen molar-refractivity contribution < 1.29 is 26.2 Å². The van der Waals surface area contributed by atoms with Crippen LogP contribution in [-0.2, 0) is 11.0 Å². The fraction of sp³-hybridized carbons (Fsp3) is 0.433. The SMILES string of the molecule is CNc1cc(C)c(/C=C/S[N+]2(C)CCC3(CCC(C)=C(c4ccc(F)c(C(F)(F)F)c4)NC3=O)CC2)c(C)c1. The van der Waals surface area contributed by atoms with Gasteiger partial charge in [-0.05, 0) is 97.8 Å². The number of hydrogen-bond acceptors (Lipinski definition) is 3. The zero-order valence-electron chi connectivity index (χ0n) is 23.1. The molecule has 1 fully saturated rings. The second-order valence-electron chi connectivity index (χ2n) is 11.0. The first-order valence-electron chi connectivity index (χ1n) is 13.1. The highest BCUT2D eigenvalue weighted by Crippen LogP contribution is 2.45. The van der Waals surface area contributed by atoms with E-state index >= 15 is 0 Å². The minimum absolute atomic E-state index is 0.158. The van der Waals surface area contributed by atoms with Gasteiger partial charge in [0, 0.05) is 36.7 Å². The number of nitrogens with one attached hydrogen (secondary N) is 2. The Labute approximate surface area is 232 Å². The highest BCUT2D eigenvalue weighted by Gasteiger charge is 2.47. The molecule has 1 saturated heterocycles. The predicted octanol–water partition coefficient (Wildman–Crippen LogP) is 7.69. The summed E-state index contributed by atoms with van der Waals surface area (Å²) < 4.78 is 54.5. The molecule has 210 valence electrons. The van der Waals surface area contributed by atoms with E-state index in [1.54, 1.807) is 11.9 Å². The number of halogens is 4. The fourth-order valence-corrected chi connectivity index (χ4v) is 6.47. The van der Waals surface area contributed by atoms with Gasteiger partial charge in [0.2, 0.25) is 5.91 Å². The van der Waals surface area contributed by atoms with Gasteiger partial charge < -0.3 is 10.6 Å². The first kappa shape index (κ1) is 29.2. The molecular weight excluding hydrogens is 526 g/mol. The van der Waals surface area contributed by atoms with E-state index in [-0.39, 0.29) is 11.5 Å². The van der Waals surface area contributed by atoms with Gasteiger partial charge in [-0.25, -0.2) is 4.39 Å². The summed E-state index contributed by atoms with van der Waals surface area (Å²) in [5.41, 5.74) is 4.13. The van der Waals surface area contributed by atoms with Crippen LogP contribution in [0.4, 0.5) is 23.2 Å². The Balaban J connectivity index is 1.45. The number of nitrogens with zero attached hydrogens (tertiary/aromatic N) is 1. The molecule has 0 bridgehead atoms. The van der Waals surface area contributed by atoms with Crippen LogP contribution in [0.25, 0.3) is 11.8 Å². The third-order valence-corrected chi connectivity index (χ3v) is 9.38. The lowest BCUT2D eigenvalue weighted by Crippen LogP contribution is -2.52. The van der Waals surface area contributed by atoms with Crippen molar-refractivity contribution in [3.05, 3.63) is 74.9 Å². The summed E-state index contributed by atoms with van der Waals surface area (Å²) in [5.74, 6) is -1.48. The van der Waals surface area contributed by atoms with E-state index < -0.39 is 23.0 Å². The number of likely N-dealkylation sites (tertiary alicyclic amines) is 1. The van der Waals surface area contributed by atoms with E-state index in [1.807, 2.05) is 14.0 Å². The molecule has 0 saturated carbocycles. The minimum Gasteiger partial charge on any atom is -0.388 e. The van der Waals surface area contributed by atoms with Crippen LogP contribution >= 0.6 is 11.9 Å². The molecule has 0 aliphatic carbocycles. The monoisotopic (exact) mass is 562 g/mol. The van der Waals surface area contributed by atoms with Crippen LogP contribution in [0.1, 0.15) is 60.4 Å². The number of benzene rings is 2. The van der Waals surface area contributed by atoms with Crippen molar-refractivity contribution >= 4 is 35.3 Å². The maximum atomic E-state index is 13.9. The number of anilines is 1. The summed E-state index contributed by atoms with van der Waals surface area (Å²) in [6.07, 6.45) is -0.0664. The number of carbonyl (C=O) groups is 1. The maximum absolute atomic E-state index is 13.9. The number of allylic oxidation sites excluding steroid dienone is 1. The number of carbonyl (C=O) groups excluding carboxylic acids is 1. The Kier molecular flexibility index (Phi) is 8.24. The average Bonchev–Trinajstić information content (AvgIpc) is 2.99. The van der Waals surface area contributed by atoms with Crippen molar-refractivity contribution in [1.29, 1.82) is 0 Å². The molecular formula is C30H36F4N3OS+. The van der Waals surface area contributed by atoms with Gasteiger partial charge >= 0.3 is 6.18 Å². The Hall–Kier alpha value is -2.78. The Morgan fingerprint density at radius 3 is 2.28 bits per heavy atom. The number of quaternary nitrogens is 1. The molecule has 2 aromatic carbocycles. The third-order valence-electron chi connectivity index (χ3n) is 8.25. The van der Waals surface area contributed by atoms with E-state index in [1.165, 1.54) is 22.8 Å². The lowest BCUT2D eigenvalue weighted by Gasteiger charge is -2.43. The van der Waals surface area contributed by atoms with Crippen LogP contribution in [0.3, 0.4) is 0 Å². The molecule has 2 aromatic rings. The summed E-state index contributed by atoms with van der Waals surface area (Å²) >= 11 is 1.74. The highest BCUT2D eigenvalue weighted by molar-refractivity contribution is 7.96. The molecule has 4 nitrogen and oxygen atoms in total. The van der Waals surface area contributed by atoms with Crippen LogP contribution < -0.4 is 10.6 Å². The van der Waals surface area contributed by atoms with Gasteiger partial charge in [0.1, 0.15) is 17.8 Å². The van der Waals surface area contributed by atoms with Gasteiger partial charge in [0.15, 0.2) is 0 Å². The third kappa shape index (κ3) is 6.19.